The fraction of sp³-hybridized carbons (Fsp3) is 0.182. The molecule has 0 unspecified atom stereocenters. The first-order chi connectivity index (χ1) is 14.5. The summed E-state index contributed by atoms with van der Waals surface area (Å²) in [5.41, 5.74) is 0.762. The summed E-state index contributed by atoms with van der Waals surface area (Å²) in [6, 6.07) is 7.56. The third-order valence-corrected chi connectivity index (χ3v) is 6.41. The molecule has 0 aliphatic heterocycles. The largest absolute Gasteiger partial charge is 0.506 e. The zero-order valence-electron chi connectivity index (χ0n) is 16.3. The fourth-order valence-electron chi connectivity index (χ4n) is 2.75. The molecule has 162 valence electrons. The molecule has 3 aromatic rings. The van der Waals surface area contributed by atoms with Gasteiger partial charge in [-0.25, -0.2) is 4.98 Å². The standard InChI is InChI=1S/C22H16Cl2F3NO2S/c1-11(2)19-20(16(30)10-6-12-5-9-15(29)18(24)17(12)23)31-21(28-19)13-3-7-14(8-4-13)22(25,26)27/h3-11,29H,1-2H3. The molecule has 2 aromatic carbocycles. The van der Waals surface area contributed by atoms with E-state index in [1.807, 2.05) is 13.8 Å². The number of hydrogen-bond acceptors (Lipinski definition) is 4. The lowest BCUT2D eigenvalue weighted by atomic mass is 10.1. The maximum atomic E-state index is 12.8. The number of benzene rings is 2. The van der Waals surface area contributed by atoms with Gasteiger partial charge in [-0.15, -0.1) is 11.3 Å². The Morgan fingerprint density at radius 2 is 1.74 bits per heavy atom. The van der Waals surface area contributed by atoms with E-state index in [1.54, 1.807) is 0 Å². The summed E-state index contributed by atoms with van der Waals surface area (Å²) >= 11 is 13.1. The zero-order valence-corrected chi connectivity index (χ0v) is 18.6. The smallest absolute Gasteiger partial charge is 0.416 e. The summed E-state index contributed by atoms with van der Waals surface area (Å²) in [6.07, 6.45) is -1.61. The van der Waals surface area contributed by atoms with E-state index in [0.29, 0.717) is 26.7 Å². The van der Waals surface area contributed by atoms with Gasteiger partial charge in [-0.3, -0.25) is 4.79 Å². The first-order valence-electron chi connectivity index (χ1n) is 9.06. The minimum absolute atomic E-state index is 0.0125. The summed E-state index contributed by atoms with van der Waals surface area (Å²) in [5, 5.41) is 10.1. The second-order valence-electron chi connectivity index (χ2n) is 6.96. The molecule has 3 rings (SSSR count). The van der Waals surface area contributed by atoms with Crippen molar-refractivity contribution in [1.29, 1.82) is 0 Å². The van der Waals surface area contributed by atoms with Gasteiger partial charge in [0.2, 0.25) is 0 Å². The molecule has 0 saturated heterocycles. The number of carbonyl (C=O) groups is 1. The lowest BCUT2D eigenvalue weighted by molar-refractivity contribution is -0.137. The Bertz CT molecular complexity index is 1150. The molecule has 0 fully saturated rings. The van der Waals surface area contributed by atoms with Crippen LogP contribution in [-0.2, 0) is 6.18 Å². The van der Waals surface area contributed by atoms with Crippen molar-refractivity contribution in [1.82, 2.24) is 4.98 Å². The van der Waals surface area contributed by atoms with Crippen molar-refractivity contribution >= 4 is 46.4 Å². The predicted octanol–water partition coefficient (Wildman–Crippen LogP) is 7.86. The highest BCUT2D eigenvalue weighted by Gasteiger charge is 2.30. The quantitative estimate of drug-likeness (QED) is 0.295. The molecule has 31 heavy (non-hydrogen) atoms. The number of hydrogen-bond donors (Lipinski definition) is 1. The lowest BCUT2D eigenvalue weighted by Gasteiger charge is -2.06. The molecule has 3 nitrogen and oxygen atoms in total. The number of aromatic hydroxyl groups is 1. The summed E-state index contributed by atoms with van der Waals surface area (Å²) in [5.74, 6) is -0.556. The van der Waals surface area contributed by atoms with Crippen molar-refractivity contribution in [2.75, 3.05) is 0 Å². The van der Waals surface area contributed by atoms with Crippen LogP contribution in [0.1, 0.15) is 46.3 Å². The highest BCUT2D eigenvalue weighted by molar-refractivity contribution is 7.17. The minimum Gasteiger partial charge on any atom is -0.506 e. The number of rotatable bonds is 5. The number of phenols is 1. The Hall–Kier alpha value is -2.35. The molecule has 0 aliphatic rings. The van der Waals surface area contributed by atoms with Crippen LogP contribution in [0, 0.1) is 0 Å². The van der Waals surface area contributed by atoms with E-state index in [1.165, 1.54) is 36.4 Å². The van der Waals surface area contributed by atoms with Gasteiger partial charge in [0.05, 0.1) is 21.2 Å². The first kappa shape index (κ1) is 23.3. The van der Waals surface area contributed by atoms with Crippen LogP contribution < -0.4 is 0 Å². The molecule has 9 heteroatoms. The number of allylic oxidation sites excluding steroid dienone is 1. The van der Waals surface area contributed by atoms with E-state index in [0.717, 1.165) is 23.5 Å². The van der Waals surface area contributed by atoms with Crippen LogP contribution in [0.15, 0.2) is 42.5 Å². The molecule has 1 N–H and O–H groups in total. The molecule has 0 spiro atoms. The van der Waals surface area contributed by atoms with Gasteiger partial charge in [-0.1, -0.05) is 49.2 Å². The topological polar surface area (TPSA) is 50.2 Å². The molecule has 1 aromatic heterocycles. The Morgan fingerprint density at radius 3 is 2.32 bits per heavy atom. The number of carbonyl (C=O) groups excluding carboxylic acids is 1. The van der Waals surface area contributed by atoms with Crippen LogP contribution in [-0.4, -0.2) is 15.9 Å². The second kappa shape index (κ2) is 9.02. The van der Waals surface area contributed by atoms with Crippen LogP contribution in [0.4, 0.5) is 13.2 Å². The van der Waals surface area contributed by atoms with Gasteiger partial charge in [-0.05, 0) is 47.9 Å². The van der Waals surface area contributed by atoms with Crippen LogP contribution in [0.25, 0.3) is 16.6 Å². The number of halogens is 5. The summed E-state index contributed by atoms with van der Waals surface area (Å²) < 4.78 is 38.4. The van der Waals surface area contributed by atoms with Crippen molar-refractivity contribution in [2.24, 2.45) is 0 Å². The maximum Gasteiger partial charge on any atom is 0.416 e. The van der Waals surface area contributed by atoms with Gasteiger partial charge in [0.1, 0.15) is 15.8 Å². The van der Waals surface area contributed by atoms with Gasteiger partial charge in [-0.2, -0.15) is 13.2 Å². The van der Waals surface area contributed by atoms with Crippen LogP contribution in [0.5, 0.6) is 5.75 Å². The van der Waals surface area contributed by atoms with Gasteiger partial charge in [0.25, 0.3) is 0 Å². The van der Waals surface area contributed by atoms with Crippen molar-refractivity contribution in [3.8, 4) is 16.3 Å². The van der Waals surface area contributed by atoms with E-state index >= 15 is 0 Å². The average Bonchev–Trinajstić information content (AvgIpc) is 3.17. The lowest BCUT2D eigenvalue weighted by Crippen LogP contribution is -2.03. The summed E-state index contributed by atoms with van der Waals surface area (Å²) in [7, 11) is 0. The SMILES string of the molecule is CC(C)c1nc(-c2ccc(C(F)(F)F)cc2)sc1C(=O)C=Cc1ccc(O)c(Cl)c1Cl. The average molecular weight is 486 g/mol. The monoisotopic (exact) mass is 485 g/mol. The van der Waals surface area contributed by atoms with Gasteiger partial charge in [0.15, 0.2) is 5.78 Å². The summed E-state index contributed by atoms with van der Waals surface area (Å²) in [4.78, 5) is 17.7. The van der Waals surface area contributed by atoms with E-state index in [4.69, 9.17) is 23.2 Å². The second-order valence-corrected chi connectivity index (χ2v) is 8.72. The zero-order chi connectivity index (χ0) is 22.9. The van der Waals surface area contributed by atoms with E-state index in [9.17, 15) is 23.1 Å². The first-order valence-corrected chi connectivity index (χ1v) is 10.6. The van der Waals surface area contributed by atoms with Gasteiger partial charge < -0.3 is 5.11 Å². The highest BCUT2D eigenvalue weighted by Crippen LogP contribution is 2.36. The number of alkyl halides is 3. The van der Waals surface area contributed by atoms with E-state index in [-0.39, 0.29) is 27.5 Å². The van der Waals surface area contributed by atoms with Crippen LogP contribution >= 0.6 is 34.5 Å². The Kier molecular flexibility index (Phi) is 6.79. The van der Waals surface area contributed by atoms with Crippen molar-refractivity contribution in [3.63, 3.8) is 0 Å². The molecule has 0 radical (unpaired) electrons. The Morgan fingerprint density at radius 1 is 1.10 bits per heavy atom. The molecule has 0 amide bonds. The van der Waals surface area contributed by atoms with E-state index in [2.05, 4.69) is 4.98 Å². The van der Waals surface area contributed by atoms with E-state index < -0.39 is 11.7 Å². The Labute approximate surface area is 190 Å². The summed E-state index contributed by atoms with van der Waals surface area (Å²) in [6.45, 7) is 3.76. The van der Waals surface area contributed by atoms with Gasteiger partial charge in [0, 0.05) is 5.56 Å². The molecular weight excluding hydrogens is 470 g/mol. The Balaban J connectivity index is 1.93. The number of thiazole rings is 1. The molecule has 0 aliphatic carbocycles. The van der Waals surface area contributed by atoms with Gasteiger partial charge >= 0.3 is 6.18 Å². The third-order valence-electron chi connectivity index (χ3n) is 4.39. The molecular formula is C22H16Cl2F3NO2S. The van der Waals surface area contributed by atoms with Crippen LogP contribution in [0.3, 0.4) is 0 Å². The predicted molar refractivity (Wildman–Crippen MR) is 118 cm³/mol. The maximum absolute atomic E-state index is 12.8. The molecule has 0 bridgehead atoms. The minimum atomic E-state index is -4.42. The molecule has 0 saturated carbocycles. The van der Waals surface area contributed by atoms with Crippen molar-refractivity contribution < 1.29 is 23.1 Å². The third kappa shape index (κ3) is 5.11. The number of nitrogens with zero attached hydrogens (tertiary/aromatic N) is 1. The normalized spacial score (nSPS) is 12.1. The molecule has 1 heterocycles. The highest BCUT2D eigenvalue weighted by atomic mass is 35.5. The number of aromatic nitrogens is 1. The number of ketones is 1. The van der Waals surface area contributed by atoms with Crippen molar-refractivity contribution in [2.45, 2.75) is 25.9 Å². The molecule has 0 atom stereocenters. The van der Waals surface area contributed by atoms with Crippen LogP contribution in [0.2, 0.25) is 10.0 Å². The fourth-order valence-corrected chi connectivity index (χ4v) is 4.29. The van der Waals surface area contributed by atoms with Crippen molar-refractivity contribution in [3.05, 3.63) is 74.2 Å². The number of phenolic OH excluding ortho intramolecular Hbond substituents is 1.